The number of aliphatic carboxylic acids is 2. The highest BCUT2D eigenvalue weighted by atomic mass is 16.6. The van der Waals surface area contributed by atoms with Crippen LogP contribution in [0.1, 0.15) is 12.8 Å². The van der Waals surface area contributed by atoms with E-state index in [2.05, 4.69) is 10.1 Å². The van der Waals surface area contributed by atoms with Gasteiger partial charge in [0.15, 0.2) is 0 Å². The second-order valence-electron chi connectivity index (χ2n) is 7.97. The van der Waals surface area contributed by atoms with Crippen LogP contribution in [0.25, 0.3) is 0 Å². The third-order valence-electron chi connectivity index (χ3n) is 4.54. The summed E-state index contributed by atoms with van der Waals surface area (Å²) in [4.78, 5) is 54.1. The van der Waals surface area contributed by atoms with Crippen molar-refractivity contribution in [3.05, 3.63) is 0 Å². The van der Waals surface area contributed by atoms with Crippen molar-refractivity contribution in [2.75, 3.05) is 119 Å². The fraction of sp³-hybridized carbons (Fsp3) is 0.800. The molecule has 0 heterocycles. The van der Waals surface area contributed by atoms with Gasteiger partial charge in [0.1, 0.15) is 19.8 Å². The smallest absolute Gasteiger partial charge is 0.372 e. The normalized spacial score (nSPS) is 10.9. The number of carbonyl (C=O) groups is 5. The van der Waals surface area contributed by atoms with Crippen LogP contribution in [0.4, 0.5) is 0 Å². The summed E-state index contributed by atoms with van der Waals surface area (Å²) < 4.78 is 46.8. The molecule has 0 saturated carbocycles. The summed E-state index contributed by atoms with van der Waals surface area (Å²) in [5, 5.41) is 19.3. The number of hydrogen-bond donors (Lipinski definition) is 3. The van der Waals surface area contributed by atoms with Crippen molar-refractivity contribution in [1.82, 2.24) is 5.32 Å². The Balaban J connectivity index is 3.19. The monoisotopic (exact) mass is 613 g/mol. The molecule has 0 bridgehead atoms. The molecule has 0 saturated heterocycles. The van der Waals surface area contributed by atoms with Crippen LogP contribution in [-0.2, 0) is 66.6 Å². The first-order valence-electron chi connectivity index (χ1n) is 13.3. The molecule has 244 valence electrons. The number of carboxylic acid groups (broad SMARTS) is 2. The molecule has 0 fully saturated rings. The van der Waals surface area contributed by atoms with E-state index in [1.807, 2.05) is 0 Å². The number of ether oxygens (including phenoxy) is 9. The van der Waals surface area contributed by atoms with Crippen molar-refractivity contribution >= 4 is 29.6 Å². The Hall–Kier alpha value is -2.77. The average Bonchev–Trinajstić information content (AvgIpc) is 2.95. The molecule has 17 heteroatoms. The molecule has 0 atom stereocenters. The summed E-state index contributed by atoms with van der Waals surface area (Å²) in [6, 6.07) is 0. The molecular formula is C25H43NO16. The van der Waals surface area contributed by atoms with Gasteiger partial charge in [-0.15, -0.1) is 0 Å². The minimum Gasteiger partial charge on any atom is -0.480 e. The van der Waals surface area contributed by atoms with E-state index in [1.54, 1.807) is 0 Å². The van der Waals surface area contributed by atoms with Crippen LogP contribution in [0.3, 0.4) is 0 Å². The number of carboxylic acids is 2. The van der Waals surface area contributed by atoms with E-state index in [4.69, 9.17) is 48.1 Å². The molecule has 0 aliphatic rings. The summed E-state index contributed by atoms with van der Waals surface area (Å²) in [7, 11) is 0. The Kier molecular flexibility index (Phi) is 27.8. The summed E-state index contributed by atoms with van der Waals surface area (Å²) in [6.07, 6.45) is -0.680. The first-order chi connectivity index (χ1) is 20.3. The van der Waals surface area contributed by atoms with Gasteiger partial charge in [-0.1, -0.05) is 0 Å². The number of amides is 1. The fourth-order valence-electron chi connectivity index (χ4n) is 2.58. The Bertz CT molecular complexity index is 735. The third kappa shape index (κ3) is 30.2. The lowest BCUT2D eigenvalue weighted by Crippen LogP contribution is -2.31. The van der Waals surface area contributed by atoms with Crippen LogP contribution >= 0.6 is 0 Å². The first-order valence-corrected chi connectivity index (χ1v) is 13.3. The number of nitrogens with one attached hydrogen (secondary N) is 1. The highest BCUT2D eigenvalue weighted by Crippen LogP contribution is 1.95. The van der Waals surface area contributed by atoms with Gasteiger partial charge in [-0.05, 0) is 0 Å². The maximum absolute atomic E-state index is 11.3. The first kappa shape index (κ1) is 39.2. The standard InChI is InChI=1S/C25H43NO16/c27-21(25(32)33)1-2-24(31)42-18-17-40-16-15-39-14-13-38-12-11-37-10-9-36-8-7-35-6-5-34-4-3-26-22(28)19-41-20-23(29)30/h1-20H2,(H,26,28)(H,29,30)(H,32,33). The minimum atomic E-state index is -1.57. The Morgan fingerprint density at radius 2 is 0.881 bits per heavy atom. The summed E-state index contributed by atoms with van der Waals surface area (Å²) in [5.41, 5.74) is 0. The van der Waals surface area contributed by atoms with E-state index in [1.165, 1.54) is 0 Å². The molecule has 1 amide bonds. The zero-order valence-electron chi connectivity index (χ0n) is 23.8. The number of Topliss-reactive ketones (excluding diaryl/α,β-unsaturated/α-hetero) is 1. The largest absolute Gasteiger partial charge is 0.480 e. The zero-order chi connectivity index (χ0) is 31.1. The molecular weight excluding hydrogens is 570 g/mol. The van der Waals surface area contributed by atoms with Crippen LogP contribution in [0, 0.1) is 0 Å². The molecule has 0 radical (unpaired) electrons. The van der Waals surface area contributed by atoms with E-state index in [0.717, 1.165) is 0 Å². The molecule has 17 nitrogen and oxygen atoms in total. The lowest BCUT2D eigenvalue weighted by atomic mass is 10.2. The van der Waals surface area contributed by atoms with Gasteiger partial charge >= 0.3 is 17.9 Å². The molecule has 3 N–H and O–H groups in total. The van der Waals surface area contributed by atoms with Gasteiger partial charge in [-0.3, -0.25) is 14.4 Å². The topological polar surface area (TPSA) is 221 Å². The van der Waals surface area contributed by atoms with Crippen LogP contribution in [-0.4, -0.2) is 159 Å². The highest BCUT2D eigenvalue weighted by Gasteiger charge is 2.14. The van der Waals surface area contributed by atoms with Crippen LogP contribution in [0.15, 0.2) is 0 Å². The maximum Gasteiger partial charge on any atom is 0.372 e. The molecule has 0 aromatic rings. The molecule has 0 unspecified atom stereocenters. The Labute approximate surface area is 243 Å². The van der Waals surface area contributed by atoms with Crippen LogP contribution in [0.5, 0.6) is 0 Å². The summed E-state index contributed by atoms with van der Waals surface area (Å²) >= 11 is 0. The second-order valence-corrected chi connectivity index (χ2v) is 7.97. The van der Waals surface area contributed by atoms with E-state index < -0.39 is 42.6 Å². The predicted molar refractivity (Wildman–Crippen MR) is 140 cm³/mol. The van der Waals surface area contributed by atoms with E-state index in [0.29, 0.717) is 85.9 Å². The second kappa shape index (κ2) is 29.7. The SMILES string of the molecule is O=C(O)COCC(=O)NCCOCCOCCOCCOCCOCCOCCOCCOC(=O)CCC(=O)C(=O)O. The van der Waals surface area contributed by atoms with Crippen molar-refractivity contribution in [1.29, 1.82) is 0 Å². The van der Waals surface area contributed by atoms with Crippen molar-refractivity contribution in [3.63, 3.8) is 0 Å². The quantitative estimate of drug-likeness (QED) is 0.0437. The number of rotatable bonds is 32. The lowest BCUT2D eigenvalue weighted by Gasteiger charge is -2.09. The highest BCUT2D eigenvalue weighted by molar-refractivity contribution is 6.32. The van der Waals surface area contributed by atoms with E-state index >= 15 is 0 Å². The van der Waals surface area contributed by atoms with Crippen molar-refractivity contribution < 1.29 is 76.8 Å². The maximum atomic E-state index is 11.3. The zero-order valence-corrected chi connectivity index (χ0v) is 23.8. The Morgan fingerprint density at radius 3 is 1.29 bits per heavy atom. The number of ketones is 1. The minimum absolute atomic E-state index is 0.00106. The van der Waals surface area contributed by atoms with Gasteiger partial charge in [0, 0.05) is 13.0 Å². The van der Waals surface area contributed by atoms with Gasteiger partial charge < -0.3 is 58.2 Å². The van der Waals surface area contributed by atoms with Crippen molar-refractivity contribution in [3.8, 4) is 0 Å². The number of carbonyl (C=O) groups excluding carboxylic acids is 3. The van der Waals surface area contributed by atoms with E-state index in [9.17, 15) is 24.0 Å². The summed E-state index contributed by atoms with van der Waals surface area (Å²) in [6.45, 7) is 4.53. The Morgan fingerprint density at radius 1 is 0.476 bits per heavy atom. The lowest BCUT2D eigenvalue weighted by molar-refractivity contribution is -0.151. The predicted octanol–water partition coefficient (Wildman–Crippen LogP) is -1.70. The van der Waals surface area contributed by atoms with Gasteiger partial charge in [-0.2, -0.15) is 0 Å². The summed E-state index contributed by atoms with van der Waals surface area (Å²) in [5.74, 6) is -4.82. The van der Waals surface area contributed by atoms with Crippen LogP contribution in [0.2, 0.25) is 0 Å². The molecule has 42 heavy (non-hydrogen) atoms. The molecule has 0 aliphatic carbocycles. The molecule has 0 aromatic carbocycles. The molecule has 0 aromatic heterocycles. The average molecular weight is 614 g/mol. The fourth-order valence-corrected chi connectivity index (χ4v) is 2.58. The number of hydrogen-bond acceptors (Lipinski definition) is 14. The third-order valence-corrected chi connectivity index (χ3v) is 4.54. The van der Waals surface area contributed by atoms with Crippen molar-refractivity contribution in [2.24, 2.45) is 0 Å². The van der Waals surface area contributed by atoms with Gasteiger partial charge in [-0.25, -0.2) is 9.59 Å². The van der Waals surface area contributed by atoms with Gasteiger partial charge in [0.2, 0.25) is 11.7 Å². The molecule has 0 spiro atoms. The van der Waals surface area contributed by atoms with E-state index in [-0.39, 0.29) is 32.8 Å². The molecule has 0 rings (SSSR count). The van der Waals surface area contributed by atoms with Gasteiger partial charge in [0.25, 0.3) is 0 Å². The van der Waals surface area contributed by atoms with Crippen molar-refractivity contribution in [2.45, 2.75) is 12.8 Å². The van der Waals surface area contributed by atoms with Crippen LogP contribution < -0.4 is 5.32 Å². The van der Waals surface area contributed by atoms with Gasteiger partial charge in [0.05, 0.1) is 98.9 Å². The molecule has 0 aliphatic heterocycles. The number of esters is 1.